The number of rotatable bonds is 3. The Morgan fingerprint density at radius 3 is 2.28 bits per heavy atom. The molecular weight excluding hydrogens is 345 g/mol. The highest BCUT2D eigenvalue weighted by Crippen LogP contribution is 2.46. The van der Waals surface area contributed by atoms with Crippen LogP contribution < -0.4 is 0 Å². The lowest BCUT2D eigenvalue weighted by atomic mass is 10.1. The summed E-state index contributed by atoms with van der Waals surface area (Å²) in [5, 5.41) is 0. The predicted molar refractivity (Wildman–Crippen MR) is 71.8 cm³/mol. The monoisotopic (exact) mass is 355 g/mol. The fraction of sp³-hybridized carbons (Fsp3) is 0.308. The second kappa shape index (κ2) is 4.15. The van der Waals surface area contributed by atoms with E-state index in [4.69, 9.17) is 0 Å². The molecule has 1 aromatic carbocycles. The normalized spacial score (nSPS) is 25.3. The molecule has 0 aromatic heterocycles. The minimum Gasteiger partial charge on any atom is -0.292 e. The molecular formula is C13H10INO3. The van der Waals surface area contributed by atoms with Crippen molar-refractivity contribution in [3.8, 4) is 0 Å². The van der Waals surface area contributed by atoms with Gasteiger partial charge >= 0.3 is 0 Å². The molecule has 92 valence electrons. The van der Waals surface area contributed by atoms with Crippen LogP contribution in [0.3, 0.4) is 0 Å². The number of carbonyl (C=O) groups excluding carboxylic acids is 3. The highest BCUT2D eigenvalue weighted by Gasteiger charge is 2.58. The molecule has 5 heteroatoms. The number of hydrogen-bond acceptors (Lipinski definition) is 3. The van der Waals surface area contributed by atoms with Gasteiger partial charge in [0.15, 0.2) is 5.78 Å². The van der Waals surface area contributed by atoms with Gasteiger partial charge in [0.2, 0.25) is 11.8 Å². The third-order valence-electron chi connectivity index (χ3n) is 3.42. The molecule has 2 unspecified atom stereocenters. The molecule has 0 radical (unpaired) electrons. The maximum Gasteiger partial charge on any atom is 0.233 e. The summed E-state index contributed by atoms with van der Waals surface area (Å²) >= 11 is 2.16. The molecule has 0 spiro atoms. The second-order valence-electron chi connectivity index (χ2n) is 4.64. The van der Waals surface area contributed by atoms with Crippen molar-refractivity contribution in [3.63, 3.8) is 0 Å². The fourth-order valence-corrected chi connectivity index (χ4v) is 2.64. The van der Waals surface area contributed by atoms with E-state index >= 15 is 0 Å². The standard InChI is InChI=1S/C13H10INO3/c14-8-3-1-7(2-4-8)11(16)6-15-12(17)9-5-10(9)13(15)18/h1-4,9-10H,5-6H2. The van der Waals surface area contributed by atoms with E-state index in [0.717, 1.165) is 8.47 Å². The first-order valence-corrected chi connectivity index (χ1v) is 6.80. The summed E-state index contributed by atoms with van der Waals surface area (Å²) in [5.74, 6) is -0.814. The Hall–Kier alpha value is -1.24. The molecule has 18 heavy (non-hydrogen) atoms. The highest BCUT2D eigenvalue weighted by molar-refractivity contribution is 14.1. The van der Waals surface area contributed by atoms with Crippen molar-refractivity contribution in [2.24, 2.45) is 11.8 Å². The molecule has 1 aliphatic heterocycles. The third kappa shape index (κ3) is 1.86. The molecule has 2 atom stereocenters. The van der Waals surface area contributed by atoms with Crippen molar-refractivity contribution < 1.29 is 14.4 Å². The zero-order chi connectivity index (χ0) is 12.9. The Balaban J connectivity index is 1.73. The molecule has 0 bridgehead atoms. The lowest BCUT2D eigenvalue weighted by molar-refractivity contribution is -0.140. The van der Waals surface area contributed by atoms with Gasteiger partial charge in [0, 0.05) is 9.13 Å². The van der Waals surface area contributed by atoms with Crippen LogP contribution in [0.5, 0.6) is 0 Å². The van der Waals surface area contributed by atoms with E-state index in [9.17, 15) is 14.4 Å². The number of imide groups is 1. The lowest BCUT2D eigenvalue weighted by Crippen LogP contribution is -2.37. The maximum absolute atomic E-state index is 12.0. The van der Waals surface area contributed by atoms with Crippen LogP contribution in [0.1, 0.15) is 16.8 Å². The lowest BCUT2D eigenvalue weighted by Gasteiger charge is -2.15. The number of benzene rings is 1. The number of halogens is 1. The first-order chi connectivity index (χ1) is 8.58. The Morgan fingerprint density at radius 1 is 1.17 bits per heavy atom. The molecule has 1 aliphatic carbocycles. The van der Waals surface area contributed by atoms with Crippen LogP contribution in [0.25, 0.3) is 0 Å². The molecule has 4 nitrogen and oxygen atoms in total. The van der Waals surface area contributed by atoms with Crippen molar-refractivity contribution in [1.82, 2.24) is 4.90 Å². The van der Waals surface area contributed by atoms with Crippen LogP contribution in [-0.4, -0.2) is 29.0 Å². The Morgan fingerprint density at radius 2 is 1.72 bits per heavy atom. The topological polar surface area (TPSA) is 54.5 Å². The summed E-state index contributed by atoms with van der Waals surface area (Å²) in [4.78, 5) is 36.5. The summed E-state index contributed by atoms with van der Waals surface area (Å²) in [6, 6.07) is 7.10. The minimum absolute atomic E-state index is 0.120. The summed E-state index contributed by atoms with van der Waals surface area (Å²) < 4.78 is 1.04. The zero-order valence-corrected chi connectivity index (χ0v) is 11.6. The number of fused-ring (bicyclic) bond motifs is 1. The molecule has 1 saturated heterocycles. The number of Topliss-reactive ketones (excluding diaryl/α,β-unsaturated/α-hetero) is 1. The van der Waals surface area contributed by atoms with Gasteiger partial charge in [-0.05, 0) is 41.1 Å². The van der Waals surface area contributed by atoms with Crippen LogP contribution in [0.4, 0.5) is 0 Å². The zero-order valence-electron chi connectivity index (χ0n) is 9.43. The van der Waals surface area contributed by atoms with Crippen molar-refractivity contribution in [1.29, 1.82) is 0 Å². The van der Waals surface area contributed by atoms with Gasteiger partial charge in [-0.3, -0.25) is 19.3 Å². The van der Waals surface area contributed by atoms with Crippen LogP contribution in [0.2, 0.25) is 0 Å². The SMILES string of the molecule is O=C(CN1C(=O)C2CC2C1=O)c1ccc(I)cc1. The summed E-state index contributed by atoms with van der Waals surface area (Å²) in [6.45, 7) is -0.120. The van der Waals surface area contributed by atoms with E-state index < -0.39 is 0 Å². The van der Waals surface area contributed by atoms with Crippen LogP contribution in [0.15, 0.2) is 24.3 Å². The van der Waals surface area contributed by atoms with Gasteiger partial charge in [-0.1, -0.05) is 12.1 Å². The molecule has 2 fully saturated rings. The molecule has 1 heterocycles. The van der Waals surface area contributed by atoms with E-state index in [1.54, 1.807) is 12.1 Å². The third-order valence-corrected chi connectivity index (χ3v) is 4.14. The summed E-state index contributed by atoms with van der Waals surface area (Å²) in [7, 11) is 0. The van der Waals surface area contributed by atoms with Gasteiger partial charge < -0.3 is 0 Å². The molecule has 2 aliphatic rings. The van der Waals surface area contributed by atoms with Gasteiger partial charge in [0.05, 0.1) is 18.4 Å². The Kier molecular flexibility index (Phi) is 2.73. The molecule has 1 saturated carbocycles. The number of ketones is 1. The highest BCUT2D eigenvalue weighted by atomic mass is 127. The summed E-state index contributed by atoms with van der Waals surface area (Å²) in [5.41, 5.74) is 0.539. The van der Waals surface area contributed by atoms with Crippen molar-refractivity contribution >= 4 is 40.2 Å². The quantitative estimate of drug-likeness (QED) is 0.469. The van der Waals surface area contributed by atoms with Crippen LogP contribution in [-0.2, 0) is 9.59 Å². The van der Waals surface area contributed by atoms with E-state index in [2.05, 4.69) is 22.6 Å². The summed E-state index contributed by atoms with van der Waals surface area (Å²) in [6.07, 6.45) is 0.673. The number of hydrogen-bond donors (Lipinski definition) is 0. The van der Waals surface area contributed by atoms with Gasteiger partial charge in [-0.2, -0.15) is 0 Å². The van der Waals surface area contributed by atoms with Crippen LogP contribution in [0, 0.1) is 15.4 Å². The van der Waals surface area contributed by atoms with E-state index in [1.165, 1.54) is 0 Å². The van der Waals surface area contributed by atoms with Crippen LogP contribution >= 0.6 is 22.6 Å². The number of likely N-dealkylation sites (tertiary alicyclic amines) is 1. The number of carbonyl (C=O) groups is 3. The Bertz CT molecular complexity index is 532. The Labute approximate surface area is 117 Å². The van der Waals surface area contributed by atoms with Crippen molar-refractivity contribution in [3.05, 3.63) is 33.4 Å². The largest absolute Gasteiger partial charge is 0.292 e. The molecule has 0 N–H and O–H groups in total. The van der Waals surface area contributed by atoms with Gasteiger partial charge in [-0.15, -0.1) is 0 Å². The smallest absolute Gasteiger partial charge is 0.233 e. The molecule has 1 aromatic rings. The van der Waals surface area contributed by atoms with E-state index in [0.29, 0.717) is 12.0 Å². The molecule has 2 amide bonds. The van der Waals surface area contributed by atoms with Gasteiger partial charge in [0.25, 0.3) is 0 Å². The first kappa shape index (κ1) is 11.8. The number of nitrogens with zero attached hydrogens (tertiary/aromatic N) is 1. The maximum atomic E-state index is 12.0. The van der Waals surface area contributed by atoms with E-state index in [-0.39, 0.29) is 36.0 Å². The first-order valence-electron chi connectivity index (χ1n) is 5.72. The van der Waals surface area contributed by atoms with Crippen molar-refractivity contribution in [2.75, 3.05) is 6.54 Å². The predicted octanol–water partition coefficient (Wildman–Crippen LogP) is 1.48. The number of piperidine rings is 1. The van der Waals surface area contributed by atoms with Gasteiger partial charge in [-0.25, -0.2) is 0 Å². The van der Waals surface area contributed by atoms with Crippen molar-refractivity contribution in [2.45, 2.75) is 6.42 Å². The average molecular weight is 355 g/mol. The minimum atomic E-state index is -0.186. The number of amides is 2. The van der Waals surface area contributed by atoms with E-state index in [1.807, 2.05) is 12.1 Å². The average Bonchev–Trinajstić information content (AvgIpc) is 3.10. The van der Waals surface area contributed by atoms with Gasteiger partial charge in [0.1, 0.15) is 0 Å². The molecule has 3 rings (SSSR count). The fourth-order valence-electron chi connectivity index (χ4n) is 2.28. The second-order valence-corrected chi connectivity index (χ2v) is 5.89.